The molecule has 0 spiro atoms. The SMILES string of the molecule is CCNc1ccc(Cl)cc1C(=O)NC(C)(C)C1CC1. The van der Waals surface area contributed by atoms with Crippen LogP contribution in [0.1, 0.15) is 44.0 Å². The summed E-state index contributed by atoms with van der Waals surface area (Å²) < 4.78 is 0. The molecule has 1 aliphatic rings. The first-order valence-electron chi connectivity index (χ1n) is 6.80. The summed E-state index contributed by atoms with van der Waals surface area (Å²) in [7, 11) is 0. The number of hydrogen-bond acceptors (Lipinski definition) is 2. The van der Waals surface area contributed by atoms with Crippen LogP contribution in [0.5, 0.6) is 0 Å². The Labute approximate surface area is 119 Å². The van der Waals surface area contributed by atoms with Crippen LogP contribution in [0, 0.1) is 5.92 Å². The first-order valence-corrected chi connectivity index (χ1v) is 7.17. The smallest absolute Gasteiger partial charge is 0.253 e. The molecule has 104 valence electrons. The number of rotatable bonds is 5. The number of halogens is 1. The van der Waals surface area contributed by atoms with Gasteiger partial charge in [-0.15, -0.1) is 0 Å². The number of hydrogen-bond donors (Lipinski definition) is 2. The van der Waals surface area contributed by atoms with Crippen LogP contribution in [0.4, 0.5) is 5.69 Å². The third-order valence-electron chi connectivity index (χ3n) is 3.63. The second-order valence-electron chi connectivity index (χ2n) is 5.67. The Morgan fingerprint density at radius 3 is 2.68 bits per heavy atom. The monoisotopic (exact) mass is 280 g/mol. The molecule has 1 aromatic rings. The number of nitrogens with one attached hydrogen (secondary N) is 2. The Balaban J connectivity index is 2.19. The molecule has 2 rings (SSSR count). The number of benzene rings is 1. The third-order valence-corrected chi connectivity index (χ3v) is 3.86. The van der Waals surface area contributed by atoms with Gasteiger partial charge in [0.2, 0.25) is 0 Å². The lowest BCUT2D eigenvalue weighted by Crippen LogP contribution is -2.45. The van der Waals surface area contributed by atoms with E-state index in [9.17, 15) is 4.79 Å². The maximum absolute atomic E-state index is 12.4. The molecule has 0 saturated heterocycles. The maximum atomic E-state index is 12.4. The van der Waals surface area contributed by atoms with Crippen LogP contribution in [0.25, 0.3) is 0 Å². The molecule has 1 saturated carbocycles. The van der Waals surface area contributed by atoms with E-state index in [1.54, 1.807) is 12.1 Å². The summed E-state index contributed by atoms with van der Waals surface area (Å²) in [6, 6.07) is 5.37. The normalized spacial score (nSPS) is 15.2. The van der Waals surface area contributed by atoms with Crippen LogP contribution in [0.2, 0.25) is 5.02 Å². The molecule has 0 atom stereocenters. The van der Waals surface area contributed by atoms with E-state index in [0.29, 0.717) is 16.5 Å². The van der Waals surface area contributed by atoms with Crippen molar-refractivity contribution in [2.75, 3.05) is 11.9 Å². The van der Waals surface area contributed by atoms with Crippen LogP contribution in [-0.4, -0.2) is 18.0 Å². The van der Waals surface area contributed by atoms with Crippen LogP contribution >= 0.6 is 11.6 Å². The fraction of sp³-hybridized carbons (Fsp3) is 0.533. The van der Waals surface area contributed by atoms with Gasteiger partial charge in [0.1, 0.15) is 0 Å². The van der Waals surface area contributed by atoms with Crippen molar-refractivity contribution in [1.82, 2.24) is 5.32 Å². The minimum absolute atomic E-state index is 0.0599. The molecule has 1 amide bonds. The summed E-state index contributed by atoms with van der Waals surface area (Å²) in [5.74, 6) is 0.536. The molecule has 0 unspecified atom stereocenters. The van der Waals surface area contributed by atoms with E-state index in [4.69, 9.17) is 11.6 Å². The number of carbonyl (C=O) groups is 1. The second-order valence-corrected chi connectivity index (χ2v) is 6.11. The van der Waals surface area contributed by atoms with Crippen molar-refractivity contribution in [3.8, 4) is 0 Å². The van der Waals surface area contributed by atoms with Gasteiger partial charge in [0.25, 0.3) is 5.91 Å². The zero-order valence-corrected chi connectivity index (χ0v) is 12.5. The van der Waals surface area contributed by atoms with Crippen molar-refractivity contribution in [2.24, 2.45) is 5.92 Å². The van der Waals surface area contributed by atoms with Gasteiger partial charge in [-0.1, -0.05) is 11.6 Å². The van der Waals surface area contributed by atoms with Crippen LogP contribution in [0.15, 0.2) is 18.2 Å². The molecule has 1 aromatic carbocycles. The first-order chi connectivity index (χ1) is 8.94. The quantitative estimate of drug-likeness (QED) is 0.864. The van der Waals surface area contributed by atoms with E-state index in [2.05, 4.69) is 24.5 Å². The lowest BCUT2D eigenvalue weighted by Gasteiger charge is -2.26. The van der Waals surface area contributed by atoms with E-state index >= 15 is 0 Å². The van der Waals surface area contributed by atoms with Gasteiger partial charge in [0, 0.05) is 22.8 Å². The predicted molar refractivity (Wildman–Crippen MR) is 79.9 cm³/mol. The van der Waals surface area contributed by atoms with Gasteiger partial charge in [0.05, 0.1) is 5.56 Å². The fourth-order valence-corrected chi connectivity index (χ4v) is 2.49. The van der Waals surface area contributed by atoms with E-state index in [0.717, 1.165) is 12.2 Å². The third kappa shape index (κ3) is 3.41. The summed E-state index contributed by atoms with van der Waals surface area (Å²) in [6.45, 7) is 6.94. The van der Waals surface area contributed by atoms with Gasteiger partial charge in [-0.2, -0.15) is 0 Å². The van der Waals surface area contributed by atoms with Crippen molar-refractivity contribution in [3.63, 3.8) is 0 Å². The fourth-order valence-electron chi connectivity index (χ4n) is 2.32. The van der Waals surface area contributed by atoms with E-state index < -0.39 is 0 Å². The molecule has 0 radical (unpaired) electrons. The van der Waals surface area contributed by atoms with E-state index in [1.807, 2.05) is 13.0 Å². The number of anilines is 1. The van der Waals surface area contributed by atoms with E-state index in [-0.39, 0.29) is 11.4 Å². The van der Waals surface area contributed by atoms with Gasteiger partial charge in [0.15, 0.2) is 0 Å². The standard InChI is InChI=1S/C15H21ClN2O/c1-4-17-13-8-7-11(16)9-12(13)14(19)18-15(2,3)10-5-6-10/h7-10,17H,4-6H2,1-3H3,(H,18,19). The molecule has 1 fully saturated rings. The molecule has 0 aliphatic heterocycles. The first kappa shape index (κ1) is 14.2. The molecule has 0 aromatic heterocycles. The predicted octanol–water partition coefficient (Wildman–Crippen LogP) is 3.69. The Morgan fingerprint density at radius 2 is 2.11 bits per heavy atom. The molecular weight excluding hydrogens is 260 g/mol. The molecule has 19 heavy (non-hydrogen) atoms. The van der Waals surface area contributed by atoms with Gasteiger partial charge in [-0.25, -0.2) is 0 Å². The van der Waals surface area contributed by atoms with Crippen molar-refractivity contribution in [3.05, 3.63) is 28.8 Å². The Hall–Kier alpha value is -1.22. The van der Waals surface area contributed by atoms with Crippen molar-refractivity contribution >= 4 is 23.2 Å². The highest BCUT2D eigenvalue weighted by molar-refractivity contribution is 6.31. The maximum Gasteiger partial charge on any atom is 0.253 e. The van der Waals surface area contributed by atoms with E-state index in [1.165, 1.54) is 12.8 Å². The Bertz CT molecular complexity index is 481. The Kier molecular flexibility index (Phi) is 4.04. The minimum Gasteiger partial charge on any atom is -0.385 e. The lowest BCUT2D eigenvalue weighted by atomic mass is 9.98. The highest BCUT2D eigenvalue weighted by Crippen LogP contribution is 2.39. The minimum atomic E-state index is -0.150. The second kappa shape index (κ2) is 5.41. The van der Waals surface area contributed by atoms with Crippen molar-refractivity contribution in [1.29, 1.82) is 0 Å². The van der Waals surface area contributed by atoms with Crippen LogP contribution in [-0.2, 0) is 0 Å². The van der Waals surface area contributed by atoms with Gasteiger partial charge >= 0.3 is 0 Å². The zero-order chi connectivity index (χ0) is 14.0. The molecular formula is C15H21ClN2O. The Morgan fingerprint density at radius 1 is 1.42 bits per heavy atom. The van der Waals surface area contributed by atoms with Gasteiger partial charge < -0.3 is 10.6 Å². The molecule has 1 aliphatic carbocycles. The summed E-state index contributed by atoms with van der Waals surface area (Å²) in [4.78, 5) is 12.4. The van der Waals surface area contributed by atoms with Crippen molar-refractivity contribution < 1.29 is 4.79 Å². The zero-order valence-electron chi connectivity index (χ0n) is 11.7. The summed E-state index contributed by atoms with van der Waals surface area (Å²) in [5, 5.41) is 6.90. The highest BCUT2D eigenvalue weighted by Gasteiger charge is 2.39. The molecule has 2 N–H and O–H groups in total. The molecule has 0 heterocycles. The average Bonchev–Trinajstić information content (AvgIpc) is 3.15. The van der Waals surface area contributed by atoms with Crippen LogP contribution in [0.3, 0.4) is 0 Å². The topological polar surface area (TPSA) is 41.1 Å². The number of carbonyl (C=O) groups excluding carboxylic acids is 1. The molecule has 0 bridgehead atoms. The highest BCUT2D eigenvalue weighted by atomic mass is 35.5. The summed E-state index contributed by atoms with van der Waals surface area (Å²) in [5.41, 5.74) is 1.29. The largest absolute Gasteiger partial charge is 0.385 e. The molecule has 4 heteroatoms. The summed E-state index contributed by atoms with van der Waals surface area (Å²) >= 11 is 6.00. The van der Waals surface area contributed by atoms with Gasteiger partial charge in [-0.05, 0) is 57.7 Å². The van der Waals surface area contributed by atoms with Gasteiger partial charge in [-0.3, -0.25) is 4.79 Å². The molecule has 3 nitrogen and oxygen atoms in total. The average molecular weight is 281 g/mol. The number of amides is 1. The van der Waals surface area contributed by atoms with Crippen molar-refractivity contribution in [2.45, 2.75) is 39.2 Å². The summed E-state index contributed by atoms with van der Waals surface area (Å²) in [6.07, 6.45) is 2.39. The van der Waals surface area contributed by atoms with Crippen LogP contribution < -0.4 is 10.6 Å². The lowest BCUT2D eigenvalue weighted by molar-refractivity contribution is 0.0904.